The summed E-state index contributed by atoms with van der Waals surface area (Å²) in [7, 11) is 2.08. The van der Waals surface area contributed by atoms with Crippen LogP contribution in [-0.4, -0.2) is 31.3 Å². The lowest BCUT2D eigenvalue weighted by atomic mass is 9.97. The Hall–Kier alpha value is -3.16. The summed E-state index contributed by atoms with van der Waals surface area (Å²) in [5.41, 5.74) is 6.69. The first kappa shape index (κ1) is 26.1. The van der Waals surface area contributed by atoms with Crippen LogP contribution >= 0.6 is 11.8 Å². The van der Waals surface area contributed by atoms with E-state index in [-0.39, 0.29) is 6.42 Å². The quantitative estimate of drug-likeness (QED) is 0.321. The average molecular weight is 548 g/mol. The Morgan fingerprint density at radius 3 is 2.44 bits per heavy atom. The molecule has 1 fully saturated rings. The van der Waals surface area contributed by atoms with Crippen LogP contribution in [0.3, 0.4) is 0 Å². The molecule has 3 heterocycles. The molecule has 7 heteroatoms. The Morgan fingerprint density at radius 2 is 1.67 bits per heavy atom. The Bertz CT molecular complexity index is 1460. The highest BCUT2D eigenvalue weighted by Gasteiger charge is 2.43. The number of hydrogen-bond donors (Lipinski definition) is 2. The molecule has 1 saturated heterocycles. The van der Waals surface area contributed by atoms with E-state index in [9.17, 15) is 13.2 Å². The van der Waals surface area contributed by atoms with Crippen molar-refractivity contribution in [3.05, 3.63) is 84.0 Å². The molecule has 4 unspecified atom stereocenters. The molecule has 0 bridgehead atoms. The van der Waals surface area contributed by atoms with Gasteiger partial charge in [0.15, 0.2) is 0 Å². The van der Waals surface area contributed by atoms with Crippen molar-refractivity contribution in [2.75, 3.05) is 17.3 Å². The van der Waals surface area contributed by atoms with Crippen molar-refractivity contribution >= 4 is 34.9 Å². The number of fused-ring (bicyclic) bond motifs is 3. The number of allylic oxidation sites excluding steroid dienone is 1. The number of hydrogen-bond acceptors (Lipinski definition) is 4. The molecule has 0 saturated carbocycles. The van der Waals surface area contributed by atoms with Crippen molar-refractivity contribution in [1.82, 2.24) is 5.32 Å². The molecule has 39 heavy (non-hydrogen) atoms. The fourth-order valence-electron chi connectivity index (χ4n) is 5.95. The molecule has 0 aliphatic carbocycles. The summed E-state index contributed by atoms with van der Waals surface area (Å²) in [4.78, 5) is 4.54. The second-order valence-corrected chi connectivity index (χ2v) is 11.8. The van der Waals surface area contributed by atoms with Gasteiger partial charge in [0.05, 0.1) is 11.4 Å². The lowest BCUT2D eigenvalue weighted by Crippen LogP contribution is -2.34. The second-order valence-electron chi connectivity index (χ2n) is 10.8. The van der Waals surface area contributed by atoms with Gasteiger partial charge in [0.2, 0.25) is 0 Å². The minimum Gasteiger partial charge on any atom is -0.373 e. The molecule has 202 valence electrons. The fraction of sp³-hybridized carbons (Fsp3) is 0.312. The highest BCUT2D eigenvalue weighted by Crippen LogP contribution is 2.49. The molecule has 3 nitrogen and oxygen atoms in total. The Balaban J connectivity index is 1.24. The van der Waals surface area contributed by atoms with Crippen molar-refractivity contribution in [2.24, 2.45) is 5.92 Å². The molecule has 6 rings (SSSR count). The summed E-state index contributed by atoms with van der Waals surface area (Å²) < 4.78 is 39.7. The van der Waals surface area contributed by atoms with Gasteiger partial charge in [0.1, 0.15) is 6.04 Å². The van der Waals surface area contributed by atoms with Crippen LogP contribution in [0.4, 0.5) is 30.2 Å². The molecule has 3 aliphatic rings. The van der Waals surface area contributed by atoms with Gasteiger partial charge in [0, 0.05) is 41.0 Å². The first-order chi connectivity index (χ1) is 18.7. The van der Waals surface area contributed by atoms with E-state index in [0.29, 0.717) is 29.3 Å². The van der Waals surface area contributed by atoms with Crippen LogP contribution in [-0.2, 0) is 6.42 Å². The highest BCUT2D eigenvalue weighted by atomic mass is 32.2. The van der Waals surface area contributed by atoms with Crippen LogP contribution in [0.15, 0.2) is 82.6 Å². The Labute approximate surface area is 232 Å². The van der Waals surface area contributed by atoms with Crippen LogP contribution < -0.4 is 15.5 Å². The standard InChI is InChI=1S/C32H32F3N3S/c1-4-5-25-23(14-19(2)36-25)8-6-20-7-12-27-29(15-20)39-30-17-22(10-13-28(30)38(27)3)21-9-11-26-24(16-21)18-31(37-26)32(33,34)35/h4-13,15-17,19,23,25,31,36-37H,14,18H2,1-3H3/b5-4-,8-6+. The summed E-state index contributed by atoms with van der Waals surface area (Å²) in [6.07, 6.45) is 5.76. The number of nitrogens with zero attached hydrogens (tertiary/aromatic N) is 1. The second kappa shape index (κ2) is 10.1. The van der Waals surface area contributed by atoms with Crippen molar-refractivity contribution in [1.29, 1.82) is 0 Å². The van der Waals surface area contributed by atoms with Gasteiger partial charge in [-0.1, -0.05) is 54.3 Å². The van der Waals surface area contributed by atoms with Crippen LogP contribution in [0.5, 0.6) is 0 Å². The minimum absolute atomic E-state index is 0.0376. The van der Waals surface area contributed by atoms with E-state index in [1.807, 2.05) is 12.1 Å². The molecule has 2 N–H and O–H groups in total. The van der Waals surface area contributed by atoms with Gasteiger partial charge in [-0.15, -0.1) is 0 Å². The fourth-order valence-corrected chi connectivity index (χ4v) is 7.18. The normalized spacial score (nSPS) is 24.2. The Kier molecular flexibility index (Phi) is 6.76. The van der Waals surface area contributed by atoms with E-state index in [2.05, 4.69) is 97.1 Å². The van der Waals surface area contributed by atoms with Crippen molar-refractivity contribution in [2.45, 2.75) is 60.8 Å². The van der Waals surface area contributed by atoms with Gasteiger partial charge in [-0.3, -0.25) is 0 Å². The first-order valence-electron chi connectivity index (χ1n) is 13.4. The van der Waals surface area contributed by atoms with Gasteiger partial charge >= 0.3 is 6.18 Å². The molecule has 3 aromatic carbocycles. The van der Waals surface area contributed by atoms with E-state index >= 15 is 0 Å². The summed E-state index contributed by atoms with van der Waals surface area (Å²) >= 11 is 1.75. The van der Waals surface area contributed by atoms with Gasteiger partial charge < -0.3 is 15.5 Å². The SMILES string of the molecule is C/C=C\C1NC(C)CC1/C=C/c1ccc2c(c1)Sc1cc(-c3ccc4c(c3)CC(C(F)(F)F)N4)ccc1N2C. The third-order valence-electron chi connectivity index (χ3n) is 7.97. The minimum atomic E-state index is -4.26. The molecular formula is C32H32F3N3S. The number of halogens is 3. The van der Waals surface area contributed by atoms with E-state index in [0.717, 1.165) is 28.1 Å². The lowest BCUT2D eigenvalue weighted by Gasteiger charge is -2.30. The van der Waals surface area contributed by atoms with Gasteiger partial charge in [-0.25, -0.2) is 0 Å². The number of nitrogens with one attached hydrogen (secondary N) is 2. The van der Waals surface area contributed by atoms with E-state index in [1.165, 1.54) is 16.1 Å². The van der Waals surface area contributed by atoms with Gasteiger partial charge in [-0.2, -0.15) is 13.2 Å². The summed E-state index contributed by atoms with van der Waals surface area (Å²) in [6.45, 7) is 4.30. The third kappa shape index (κ3) is 5.10. The molecular weight excluding hydrogens is 515 g/mol. The molecule has 0 radical (unpaired) electrons. The van der Waals surface area contributed by atoms with E-state index in [1.54, 1.807) is 17.8 Å². The van der Waals surface area contributed by atoms with Crippen molar-refractivity contribution in [3.63, 3.8) is 0 Å². The Morgan fingerprint density at radius 1 is 0.949 bits per heavy atom. The number of anilines is 3. The number of rotatable bonds is 4. The number of benzene rings is 3. The molecule has 4 atom stereocenters. The zero-order valence-electron chi connectivity index (χ0n) is 22.2. The predicted molar refractivity (Wildman–Crippen MR) is 156 cm³/mol. The zero-order chi connectivity index (χ0) is 27.3. The van der Waals surface area contributed by atoms with E-state index in [4.69, 9.17) is 0 Å². The summed E-state index contributed by atoms with van der Waals surface area (Å²) in [5.74, 6) is 0.472. The molecule has 3 aromatic rings. The van der Waals surface area contributed by atoms with Crippen LogP contribution in [0.25, 0.3) is 17.2 Å². The summed E-state index contributed by atoms with van der Waals surface area (Å²) in [5, 5.41) is 6.26. The van der Waals surface area contributed by atoms with Crippen molar-refractivity contribution < 1.29 is 13.2 Å². The predicted octanol–water partition coefficient (Wildman–Crippen LogP) is 8.44. The van der Waals surface area contributed by atoms with Crippen LogP contribution in [0.1, 0.15) is 31.4 Å². The van der Waals surface area contributed by atoms with E-state index < -0.39 is 12.2 Å². The van der Waals surface area contributed by atoms with Crippen molar-refractivity contribution in [3.8, 4) is 11.1 Å². The molecule has 0 spiro atoms. The van der Waals surface area contributed by atoms with Gasteiger partial charge in [-0.05, 0) is 84.8 Å². The van der Waals surface area contributed by atoms with Crippen LogP contribution in [0.2, 0.25) is 0 Å². The van der Waals surface area contributed by atoms with Crippen LogP contribution in [0, 0.1) is 5.92 Å². The smallest absolute Gasteiger partial charge is 0.373 e. The highest BCUT2D eigenvalue weighted by molar-refractivity contribution is 7.99. The topological polar surface area (TPSA) is 27.3 Å². The third-order valence-corrected chi connectivity index (χ3v) is 9.07. The maximum absolute atomic E-state index is 13.2. The zero-order valence-corrected chi connectivity index (χ0v) is 23.0. The lowest BCUT2D eigenvalue weighted by molar-refractivity contribution is -0.140. The molecule has 3 aliphatic heterocycles. The first-order valence-corrected chi connectivity index (χ1v) is 14.2. The maximum Gasteiger partial charge on any atom is 0.408 e. The molecule has 0 aromatic heterocycles. The largest absolute Gasteiger partial charge is 0.408 e. The monoisotopic (exact) mass is 547 g/mol. The van der Waals surface area contributed by atoms with Gasteiger partial charge in [0.25, 0.3) is 0 Å². The molecule has 0 amide bonds. The maximum atomic E-state index is 13.2. The average Bonchev–Trinajstić information content (AvgIpc) is 3.50. The number of alkyl halides is 3. The summed E-state index contributed by atoms with van der Waals surface area (Å²) in [6, 6.07) is 17.8.